The third kappa shape index (κ3) is 5.96. The molecule has 0 bridgehead atoms. The largest absolute Gasteiger partial charge is 0.497 e. The lowest BCUT2D eigenvalue weighted by molar-refractivity contribution is -0.122. The van der Waals surface area contributed by atoms with E-state index < -0.39 is 5.54 Å². The maximum Gasteiger partial charge on any atom is 0.244 e. The molecule has 2 aromatic rings. The SMILES string of the molecule is COc1ccc(COCc2cccc(NC(=O)C3(N)CCCCC3)c2)cc1.Cl. The quantitative estimate of drug-likeness (QED) is 0.715. The highest BCUT2D eigenvalue weighted by Gasteiger charge is 2.35. The van der Waals surface area contributed by atoms with Gasteiger partial charge < -0.3 is 20.5 Å². The van der Waals surface area contributed by atoms with Gasteiger partial charge in [0.15, 0.2) is 0 Å². The van der Waals surface area contributed by atoms with E-state index in [9.17, 15) is 4.79 Å². The highest BCUT2D eigenvalue weighted by atomic mass is 35.5. The number of halogens is 1. The second kappa shape index (κ2) is 10.5. The Hall–Kier alpha value is -2.08. The van der Waals surface area contributed by atoms with Crippen molar-refractivity contribution in [2.45, 2.75) is 50.9 Å². The molecule has 152 valence electrons. The number of ether oxygens (including phenoxy) is 2. The fourth-order valence-electron chi connectivity index (χ4n) is 3.41. The predicted octanol–water partition coefficient (Wildman–Crippen LogP) is 4.43. The maximum absolute atomic E-state index is 12.6. The van der Waals surface area contributed by atoms with Crippen LogP contribution < -0.4 is 15.8 Å². The van der Waals surface area contributed by atoms with Crippen LogP contribution in [-0.4, -0.2) is 18.6 Å². The van der Waals surface area contributed by atoms with E-state index >= 15 is 0 Å². The summed E-state index contributed by atoms with van der Waals surface area (Å²) >= 11 is 0. The Morgan fingerprint density at radius 3 is 2.39 bits per heavy atom. The van der Waals surface area contributed by atoms with Crippen molar-refractivity contribution in [1.82, 2.24) is 0 Å². The monoisotopic (exact) mass is 404 g/mol. The molecule has 3 N–H and O–H groups in total. The zero-order chi connectivity index (χ0) is 19.1. The predicted molar refractivity (Wildman–Crippen MR) is 114 cm³/mol. The zero-order valence-electron chi connectivity index (χ0n) is 16.3. The van der Waals surface area contributed by atoms with Gasteiger partial charge in [-0.05, 0) is 48.2 Å². The number of nitrogens with one attached hydrogen (secondary N) is 1. The first-order valence-corrected chi connectivity index (χ1v) is 9.49. The molecule has 0 atom stereocenters. The Balaban J connectivity index is 0.00000280. The minimum atomic E-state index is -0.737. The average molecular weight is 405 g/mol. The summed E-state index contributed by atoms with van der Waals surface area (Å²) in [5.41, 5.74) is 8.43. The summed E-state index contributed by atoms with van der Waals surface area (Å²) in [5, 5.41) is 2.98. The number of hydrogen-bond acceptors (Lipinski definition) is 4. The fraction of sp³-hybridized carbons (Fsp3) is 0.409. The minimum absolute atomic E-state index is 0. The molecule has 1 amide bonds. The van der Waals surface area contributed by atoms with Crippen LogP contribution in [0.1, 0.15) is 43.2 Å². The Kier molecular flexibility index (Phi) is 8.30. The van der Waals surface area contributed by atoms with Gasteiger partial charge in [-0.3, -0.25) is 4.79 Å². The van der Waals surface area contributed by atoms with E-state index in [1.54, 1.807) is 7.11 Å². The van der Waals surface area contributed by atoms with Gasteiger partial charge in [-0.1, -0.05) is 43.5 Å². The van der Waals surface area contributed by atoms with Crippen molar-refractivity contribution >= 4 is 24.0 Å². The molecule has 0 unspecified atom stereocenters. The molecule has 1 aliphatic carbocycles. The number of amides is 1. The van der Waals surface area contributed by atoms with Crippen LogP contribution in [0.4, 0.5) is 5.69 Å². The summed E-state index contributed by atoms with van der Waals surface area (Å²) < 4.78 is 11.0. The fourth-order valence-corrected chi connectivity index (χ4v) is 3.41. The topological polar surface area (TPSA) is 73.6 Å². The zero-order valence-corrected chi connectivity index (χ0v) is 17.1. The second-order valence-corrected chi connectivity index (χ2v) is 7.21. The van der Waals surface area contributed by atoms with Crippen LogP contribution in [0.5, 0.6) is 5.75 Å². The number of carbonyl (C=O) groups excluding carboxylic acids is 1. The molecule has 1 aliphatic rings. The van der Waals surface area contributed by atoms with Crippen LogP contribution >= 0.6 is 12.4 Å². The molecule has 0 radical (unpaired) electrons. The first-order chi connectivity index (χ1) is 13.1. The van der Waals surface area contributed by atoms with Gasteiger partial charge in [0, 0.05) is 5.69 Å². The highest BCUT2D eigenvalue weighted by molar-refractivity contribution is 5.98. The van der Waals surface area contributed by atoms with E-state index in [-0.39, 0.29) is 18.3 Å². The summed E-state index contributed by atoms with van der Waals surface area (Å²) in [6.45, 7) is 0.996. The van der Waals surface area contributed by atoms with Crippen LogP contribution in [0.15, 0.2) is 48.5 Å². The van der Waals surface area contributed by atoms with Crippen molar-refractivity contribution in [2.75, 3.05) is 12.4 Å². The van der Waals surface area contributed by atoms with Gasteiger partial charge in [-0.25, -0.2) is 0 Å². The van der Waals surface area contributed by atoms with E-state index in [4.69, 9.17) is 15.2 Å². The lowest BCUT2D eigenvalue weighted by Gasteiger charge is -2.31. The number of nitrogens with two attached hydrogens (primary N) is 1. The second-order valence-electron chi connectivity index (χ2n) is 7.21. The molecule has 0 aromatic heterocycles. The van der Waals surface area contributed by atoms with Crippen molar-refractivity contribution in [3.05, 3.63) is 59.7 Å². The van der Waals surface area contributed by atoms with Crippen molar-refractivity contribution in [1.29, 1.82) is 0 Å². The Labute approximate surface area is 173 Å². The molecule has 0 spiro atoms. The van der Waals surface area contributed by atoms with Crippen molar-refractivity contribution in [2.24, 2.45) is 5.73 Å². The van der Waals surface area contributed by atoms with E-state index in [1.807, 2.05) is 48.5 Å². The number of benzene rings is 2. The van der Waals surface area contributed by atoms with Crippen LogP contribution in [-0.2, 0) is 22.7 Å². The Bertz CT molecular complexity index is 759. The average Bonchev–Trinajstić information content (AvgIpc) is 2.69. The van der Waals surface area contributed by atoms with E-state index in [1.165, 1.54) is 0 Å². The molecule has 0 saturated heterocycles. The first kappa shape index (κ1) is 22.2. The molecule has 0 aliphatic heterocycles. The first-order valence-electron chi connectivity index (χ1n) is 9.49. The van der Waals surface area contributed by atoms with Crippen LogP contribution in [0.3, 0.4) is 0 Å². The third-order valence-corrected chi connectivity index (χ3v) is 5.08. The van der Waals surface area contributed by atoms with Crippen molar-refractivity contribution in [3.63, 3.8) is 0 Å². The van der Waals surface area contributed by atoms with Gasteiger partial charge in [0.25, 0.3) is 0 Å². The van der Waals surface area contributed by atoms with Gasteiger partial charge >= 0.3 is 0 Å². The molecular weight excluding hydrogens is 376 g/mol. The minimum Gasteiger partial charge on any atom is -0.497 e. The molecule has 5 nitrogen and oxygen atoms in total. The van der Waals surface area contributed by atoms with Gasteiger partial charge in [-0.15, -0.1) is 12.4 Å². The number of carbonyl (C=O) groups is 1. The van der Waals surface area contributed by atoms with Crippen molar-refractivity contribution in [3.8, 4) is 5.75 Å². The third-order valence-electron chi connectivity index (χ3n) is 5.08. The Morgan fingerprint density at radius 2 is 1.71 bits per heavy atom. The number of hydrogen-bond donors (Lipinski definition) is 2. The van der Waals surface area contributed by atoms with Crippen LogP contribution in [0.25, 0.3) is 0 Å². The van der Waals surface area contributed by atoms with E-state index in [0.29, 0.717) is 13.2 Å². The number of anilines is 1. The summed E-state index contributed by atoms with van der Waals surface area (Å²) in [7, 11) is 1.65. The summed E-state index contributed by atoms with van der Waals surface area (Å²) in [5.74, 6) is 0.747. The number of methoxy groups -OCH3 is 1. The molecule has 0 heterocycles. The van der Waals surface area contributed by atoms with Gasteiger partial charge in [0.05, 0.1) is 25.9 Å². The standard InChI is InChI=1S/C22H28N2O3.ClH/c1-26-20-10-8-17(9-11-20)15-27-16-18-6-5-7-19(14-18)24-21(25)22(23)12-3-2-4-13-22;/h5-11,14H,2-4,12-13,15-16,23H2,1H3,(H,24,25);1H. The smallest absolute Gasteiger partial charge is 0.244 e. The van der Waals surface area contributed by atoms with Gasteiger partial charge in [0.2, 0.25) is 5.91 Å². The molecule has 28 heavy (non-hydrogen) atoms. The van der Waals surface area contributed by atoms with Crippen LogP contribution in [0.2, 0.25) is 0 Å². The molecule has 6 heteroatoms. The summed E-state index contributed by atoms with van der Waals surface area (Å²) in [6, 6.07) is 15.6. The normalized spacial score (nSPS) is 15.4. The summed E-state index contributed by atoms with van der Waals surface area (Å²) in [6.07, 6.45) is 4.70. The number of rotatable bonds is 7. The molecule has 1 fully saturated rings. The van der Waals surface area contributed by atoms with Gasteiger partial charge in [0.1, 0.15) is 5.75 Å². The maximum atomic E-state index is 12.6. The van der Waals surface area contributed by atoms with Crippen LogP contribution in [0, 0.1) is 0 Å². The van der Waals surface area contributed by atoms with Gasteiger partial charge in [-0.2, -0.15) is 0 Å². The van der Waals surface area contributed by atoms with Crippen molar-refractivity contribution < 1.29 is 14.3 Å². The lowest BCUT2D eigenvalue weighted by Crippen LogP contribution is -2.52. The highest BCUT2D eigenvalue weighted by Crippen LogP contribution is 2.27. The van der Waals surface area contributed by atoms with E-state index in [0.717, 1.165) is 54.7 Å². The van der Waals surface area contributed by atoms with E-state index in [2.05, 4.69) is 5.32 Å². The molecule has 3 rings (SSSR count). The summed E-state index contributed by atoms with van der Waals surface area (Å²) in [4.78, 5) is 12.6. The molecule has 2 aromatic carbocycles. The molecular formula is C22H29ClN2O3. The molecule has 1 saturated carbocycles. The Morgan fingerprint density at radius 1 is 1.04 bits per heavy atom. The lowest BCUT2D eigenvalue weighted by atomic mass is 9.82.